The topological polar surface area (TPSA) is 169 Å². The fraction of sp³-hybridized carbons (Fsp3) is 0.105. The zero-order chi connectivity index (χ0) is 21.7. The largest absolute Gasteiger partial charge is 0.382 e. The molecule has 2 aromatic heterocycles. The molecule has 0 atom stereocenters. The molecule has 30 heavy (non-hydrogen) atoms. The van der Waals surface area contributed by atoms with Gasteiger partial charge in [0.2, 0.25) is 5.91 Å². The molecule has 0 radical (unpaired) electrons. The predicted molar refractivity (Wildman–Crippen MR) is 110 cm³/mol. The van der Waals surface area contributed by atoms with Crippen LogP contribution in [0.5, 0.6) is 0 Å². The zero-order valence-corrected chi connectivity index (χ0v) is 15.9. The molecule has 0 aliphatic carbocycles. The first-order chi connectivity index (χ1) is 14.3. The van der Waals surface area contributed by atoms with Crippen LogP contribution < -0.4 is 22.1 Å². The van der Waals surface area contributed by atoms with Gasteiger partial charge in [0.05, 0.1) is 5.70 Å². The van der Waals surface area contributed by atoms with Gasteiger partial charge < -0.3 is 26.6 Å². The molecule has 0 saturated heterocycles. The van der Waals surface area contributed by atoms with Gasteiger partial charge in [-0.3, -0.25) is 10.2 Å². The van der Waals surface area contributed by atoms with E-state index in [4.69, 9.17) is 21.4 Å². The molecule has 11 heteroatoms. The molecule has 3 rings (SSSR count). The van der Waals surface area contributed by atoms with Crippen molar-refractivity contribution in [2.24, 2.45) is 0 Å². The van der Waals surface area contributed by atoms with Gasteiger partial charge in [0, 0.05) is 25.1 Å². The second kappa shape index (κ2) is 8.82. The highest BCUT2D eigenvalue weighted by atomic mass is 19.1. The lowest BCUT2D eigenvalue weighted by Gasteiger charge is -2.12. The van der Waals surface area contributed by atoms with Gasteiger partial charge in [-0.1, -0.05) is 23.4 Å². The Balaban J connectivity index is 1.88. The van der Waals surface area contributed by atoms with Gasteiger partial charge in [0.25, 0.3) is 0 Å². The summed E-state index contributed by atoms with van der Waals surface area (Å²) in [6.45, 7) is 1.44. The van der Waals surface area contributed by atoms with Gasteiger partial charge in [-0.25, -0.2) is 14.4 Å². The second-order valence-corrected chi connectivity index (χ2v) is 6.18. The summed E-state index contributed by atoms with van der Waals surface area (Å²) in [5.74, 6) is -0.962. The van der Waals surface area contributed by atoms with E-state index in [1.54, 1.807) is 24.3 Å². The van der Waals surface area contributed by atoms with Gasteiger partial charge in [-0.2, -0.15) is 0 Å². The maximum Gasteiger partial charge on any atom is 0.221 e. The molecule has 2 heterocycles. The van der Waals surface area contributed by atoms with Gasteiger partial charge in [0.1, 0.15) is 29.2 Å². The molecule has 0 saturated carbocycles. The van der Waals surface area contributed by atoms with Crippen LogP contribution in [0, 0.1) is 11.2 Å². The first-order valence-electron chi connectivity index (χ1n) is 8.74. The molecule has 0 spiro atoms. The van der Waals surface area contributed by atoms with Gasteiger partial charge in [-0.05, 0) is 12.1 Å². The lowest BCUT2D eigenvalue weighted by Crippen LogP contribution is -2.17. The fourth-order valence-electron chi connectivity index (χ4n) is 2.53. The Morgan fingerprint density at radius 3 is 2.53 bits per heavy atom. The Hall–Kier alpha value is -4.28. The van der Waals surface area contributed by atoms with E-state index in [1.165, 1.54) is 25.3 Å². The molecule has 0 bridgehead atoms. The number of allylic oxidation sites excluding steroid dienone is 1. The Bertz CT molecular complexity index is 1090. The highest BCUT2D eigenvalue weighted by Crippen LogP contribution is 2.23. The fourth-order valence-corrected chi connectivity index (χ4v) is 2.53. The Kier molecular flexibility index (Phi) is 6.01. The van der Waals surface area contributed by atoms with Crippen LogP contribution >= 0.6 is 0 Å². The standard InChI is InChI=1S/C19H19FN8O2/c1-10(29)25-16-17(22)26-19(27-18(16)23)13(21)8-15(14-6-7-30-28-14)24-9-11-4-2-3-5-12(11)20/h2-8,21,24H,9H2,1H3,(H,25,29)(H4,22,23,26,27)/b15-8-,21-13?. The van der Waals surface area contributed by atoms with Crippen LogP contribution in [0.2, 0.25) is 0 Å². The van der Waals surface area contributed by atoms with Crippen molar-refractivity contribution >= 4 is 34.6 Å². The van der Waals surface area contributed by atoms with E-state index < -0.39 is 0 Å². The van der Waals surface area contributed by atoms with E-state index in [0.717, 1.165) is 0 Å². The maximum absolute atomic E-state index is 13.9. The summed E-state index contributed by atoms with van der Waals surface area (Å²) >= 11 is 0. The molecule has 0 unspecified atom stereocenters. The van der Waals surface area contributed by atoms with Crippen LogP contribution in [0.15, 0.2) is 47.2 Å². The molecule has 7 N–H and O–H groups in total. The van der Waals surface area contributed by atoms with Crippen molar-refractivity contribution in [3.63, 3.8) is 0 Å². The predicted octanol–water partition coefficient (Wildman–Crippen LogP) is 1.93. The number of nitrogen functional groups attached to an aromatic ring is 2. The van der Waals surface area contributed by atoms with Crippen molar-refractivity contribution in [3.05, 3.63) is 65.6 Å². The van der Waals surface area contributed by atoms with Crippen molar-refractivity contribution in [3.8, 4) is 0 Å². The third kappa shape index (κ3) is 4.76. The Morgan fingerprint density at radius 2 is 1.93 bits per heavy atom. The summed E-state index contributed by atoms with van der Waals surface area (Å²) in [5.41, 5.74) is 12.8. The minimum atomic E-state index is -0.384. The van der Waals surface area contributed by atoms with E-state index >= 15 is 0 Å². The first kappa shape index (κ1) is 20.5. The highest BCUT2D eigenvalue weighted by Gasteiger charge is 2.15. The van der Waals surface area contributed by atoms with Crippen LogP contribution in [0.1, 0.15) is 24.0 Å². The summed E-state index contributed by atoms with van der Waals surface area (Å²) in [6, 6.07) is 7.89. The van der Waals surface area contributed by atoms with E-state index in [2.05, 4.69) is 25.8 Å². The lowest BCUT2D eigenvalue weighted by atomic mass is 10.2. The summed E-state index contributed by atoms with van der Waals surface area (Å²) in [6.07, 6.45) is 2.76. The Morgan fingerprint density at radius 1 is 1.23 bits per heavy atom. The van der Waals surface area contributed by atoms with E-state index in [-0.39, 0.29) is 47.1 Å². The third-order valence-corrected chi connectivity index (χ3v) is 3.94. The van der Waals surface area contributed by atoms with Gasteiger partial charge in [0.15, 0.2) is 17.5 Å². The smallest absolute Gasteiger partial charge is 0.221 e. The molecule has 1 amide bonds. The molecule has 3 aromatic rings. The molecule has 0 fully saturated rings. The number of hydrogen-bond donors (Lipinski definition) is 5. The first-order valence-corrected chi connectivity index (χ1v) is 8.74. The number of aromatic nitrogens is 3. The monoisotopic (exact) mass is 410 g/mol. The number of halogens is 1. The summed E-state index contributed by atoms with van der Waals surface area (Å²) < 4.78 is 18.8. The molecule has 0 aliphatic heterocycles. The van der Waals surface area contributed by atoms with Crippen molar-refractivity contribution in [2.45, 2.75) is 13.5 Å². The average Bonchev–Trinajstić information content (AvgIpc) is 3.23. The SMILES string of the molecule is CC(=O)Nc1c(N)nc(C(=N)/C=C(\NCc2ccccc2F)c2ccon2)nc1N. The molecule has 0 aliphatic rings. The van der Waals surface area contributed by atoms with Crippen LogP contribution in [0.25, 0.3) is 5.70 Å². The lowest BCUT2D eigenvalue weighted by molar-refractivity contribution is -0.114. The number of nitrogens with zero attached hydrogens (tertiary/aromatic N) is 3. The van der Waals surface area contributed by atoms with Crippen molar-refractivity contribution in [1.82, 2.24) is 20.4 Å². The van der Waals surface area contributed by atoms with Crippen molar-refractivity contribution in [1.29, 1.82) is 5.41 Å². The molecular weight excluding hydrogens is 391 g/mol. The minimum absolute atomic E-state index is 0.0622. The number of carbonyl (C=O) groups is 1. The number of anilines is 3. The number of carbonyl (C=O) groups excluding carboxylic acids is 1. The summed E-state index contributed by atoms with van der Waals surface area (Å²) in [5, 5.41) is 17.6. The van der Waals surface area contributed by atoms with E-state index in [1.807, 2.05) is 0 Å². The Labute approximate surface area is 170 Å². The van der Waals surface area contributed by atoms with Crippen LogP contribution in [0.4, 0.5) is 21.7 Å². The van der Waals surface area contributed by atoms with Gasteiger partial charge in [-0.15, -0.1) is 0 Å². The van der Waals surface area contributed by atoms with E-state index in [0.29, 0.717) is 17.0 Å². The second-order valence-electron chi connectivity index (χ2n) is 6.18. The number of benzene rings is 1. The average molecular weight is 410 g/mol. The van der Waals surface area contributed by atoms with Crippen molar-refractivity contribution < 1.29 is 13.7 Å². The number of rotatable bonds is 7. The normalized spacial score (nSPS) is 11.2. The maximum atomic E-state index is 13.9. The quantitative estimate of drug-likeness (QED) is 0.368. The minimum Gasteiger partial charge on any atom is -0.382 e. The van der Waals surface area contributed by atoms with Crippen molar-refractivity contribution in [2.75, 3.05) is 16.8 Å². The van der Waals surface area contributed by atoms with Crippen LogP contribution in [-0.4, -0.2) is 26.7 Å². The third-order valence-electron chi connectivity index (χ3n) is 3.94. The van der Waals surface area contributed by atoms with Crippen LogP contribution in [-0.2, 0) is 11.3 Å². The van der Waals surface area contributed by atoms with Crippen LogP contribution in [0.3, 0.4) is 0 Å². The zero-order valence-electron chi connectivity index (χ0n) is 15.9. The number of amides is 1. The summed E-state index contributed by atoms with van der Waals surface area (Å²) in [4.78, 5) is 19.3. The molecule has 1 aromatic carbocycles. The number of nitrogens with two attached hydrogens (primary N) is 2. The van der Waals surface area contributed by atoms with E-state index in [9.17, 15) is 9.18 Å². The van der Waals surface area contributed by atoms with Gasteiger partial charge >= 0.3 is 0 Å². The number of hydrogen-bond acceptors (Lipinski definition) is 9. The highest BCUT2D eigenvalue weighted by molar-refractivity contribution is 6.08. The molecule has 154 valence electrons. The molecule has 10 nitrogen and oxygen atoms in total. The number of nitrogens with one attached hydrogen (secondary N) is 3. The summed E-state index contributed by atoms with van der Waals surface area (Å²) in [7, 11) is 0. The molecular formula is C19H19FN8O2.